The minimum absolute atomic E-state index is 0.0113. The van der Waals surface area contributed by atoms with Gasteiger partial charge in [-0.05, 0) is 32.8 Å². The predicted molar refractivity (Wildman–Crippen MR) is 70.4 cm³/mol. The monoisotopic (exact) mass is 275 g/mol. The van der Waals surface area contributed by atoms with Gasteiger partial charge in [-0.25, -0.2) is 0 Å². The molecule has 2 aromatic heterocycles. The van der Waals surface area contributed by atoms with E-state index in [0.29, 0.717) is 29.6 Å². The number of carbonyl (C=O) groups is 1. The molecule has 0 saturated carbocycles. The van der Waals surface area contributed by atoms with Gasteiger partial charge in [0.05, 0.1) is 17.7 Å². The van der Waals surface area contributed by atoms with Gasteiger partial charge in [-0.1, -0.05) is 5.16 Å². The largest absolute Gasteiger partial charge is 0.469 e. The molecular weight excluding hydrogens is 258 g/mol. The third kappa shape index (κ3) is 2.33. The summed E-state index contributed by atoms with van der Waals surface area (Å²) in [4.78, 5) is 18.6. The van der Waals surface area contributed by atoms with Crippen LogP contribution in [-0.4, -0.2) is 34.0 Å². The molecule has 1 fully saturated rings. The number of amides is 1. The minimum atomic E-state index is 0.0113. The Labute approximate surface area is 116 Å². The summed E-state index contributed by atoms with van der Waals surface area (Å²) in [6, 6.07) is 1.72. The third-order valence-electron chi connectivity index (χ3n) is 3.69. The molecule has 0 unspecified atom stereocenters. The number of rotatable bonds is 2. The van der Waals surface area contributed by atoms with Crippen LogP contribution >= 0.6 is 0 Å². The summed E-state index contributed by atoms with van der Waals surface area (Å²) in [6.07, 6.45) is 3.45. The normalized spacial score (nSPS) is 19.3. The van der Waals surface area contributed by atoms with E-state index in [-0.39, 0.29) is 11.8 Å². The molecule has 6 heteroatoms. The Hall–Kier alpha value is -2.11. The zero-order valence-corrected chi connectivity index (χ0v) is 11.6. The molecule has 3 heterocycles. The molecule has 1 aliphatic rings. The molecule has 1 amide bonds. The first-order valence-electron chi connectivity index (χ1n) is 6.78. The highest BCUT2D eigenvalue weighted by atomic mass is 16.5. The van der Waals surface area contributed by atoms with Crippen LogP contribution in [0.25, 0.3) is 0 Å². The highest BCUT2D eigenvalue weighted by Gasteiger charge is 2.29. The molecule has 3 rings (SSSR count). The Morgan fingerprint density at radius 2 is 2.30 bits per heavy atom. The zero-order valence-electron chi connectivity index (χ0n) is 11.6. The Kier molecular flexibility index (Phi) is 3.30. The molecule has 1 atom stereocenters. The number of piperidine rings is 1. The van der Waals surface area contributed by atoms with Gasteiger partial charge >= 0.3 is 0 Å². The van der Waals surface area contributed by atoms with Crippen molar-refractivity contribution in [1.82, 2.24) is 15.0 Å². The SMILES string of the molecule is Cc1noc([C@@H]2CCCN(C(=O)c3ccoc3C)C2)n1. The van der Waals surface area contributed by atoms with Gasteiger partial charge in [0, 0.05) is 13.1 Å². The maximum atomic E-state index is 12.5. The van der Waals surface area contributed by atoms with Gasteiger partial charge in [0.25, 0.3) is 5.91 Å². The standard InChI is InChI=1S/C14H17N3O3/c1-9-12(5-7-19-9)14(18)17-6-3-4-11(8-17)13-15-10(2)16-20-13/h5,7,11H,3-4,6,8H2,1-2H3/t11-/m1/s1. The van der Waals surface area contributed by atoms with E-state index in [1.54, 1.807) is 26.2 Å². The number of likely N-dealkylation sites (tertiary alicyclic amines) is 1. The smallest absolute Gasteiger partial charge is 0.257 e. The first-order valence-corrected chi connectivity index (χ1v) is 6.78. The zero-order chi connectivity index (χ0) is 14.1. The second-order valence-corrected chi connectivity index (χ2v) is 5.16. The fraction of sp³-hybridized carbons (Fsp3) is 0.500. The molecule has 1 aliphatic heterocycles. The lowest BCUT2D eigenvalue weighted by atomic mass is 9.97. The second-order valence-electron chi connectivity index (χ2n) is 5.16. The van der Waals surface area contributed by atoms with Crippen LogP contribution in [0.3, 0.4) is 0 Å². The summed E-state index contributed by atoms with van der Waals surface area (Å²) < 4.78 is 10.4. The maximum absolute atomic E-state index is 12.5. The number of aromatic nitrogens is 2. The quantitative estimate of drug-likeness (QED) is 0.840. The van der Waals surface area contributed by atoms with Crippen LogP contribution in [0.2, 0.25) is 0 Å². The first kappa shape index (κ1) is 12.9. The molecule has 20 heavy (non-hydrogen) atoms. The van der Waals surface area contributed by atoms with Crippen LogP contribution in [0.5, 0.6) is 0 Å². The molecule has 0 radical (unpaired) electrons. The second kappa shape index (κ2) is 5.11. The highest BCUT2D eigenvalue weighted by molar-refractivity contribution is 5.95. The minimum Gasteiger partial charge on any atom is -0.469 e. The highest BCUT2D eigenvalue weighted by Crippen LogP contribution is 2.27. The molecule has 1 saturated heterocycles. The summed E-state index contributed by atoms with van der Waals surface area (Å²) in [5.41, 5.74) is 0.632. The van der Waals surface area contributed by atoms with Crippen LogP contribution in [0.15, 0.2) is 21.3 Å². The van der Waals surface area contributed by atoms with Crippen molar-refractivity contribution in [3.8, 4) is 0 Å². The van der Waals surface area contributed by atoms with Gasteiger partial charge in [-0.15, -0.1) is 0 Å². The van der Waals surface area contributed by atoms with E-state index in [2.05, 4.69) is 10.1 Å². The number of aryl methyl sites for hydroxylation is 2. The van der Waals surface area contributed by atoms with Gasteiger partial charge in [-0.3, -0.25) is 4.79 Å². The predicted octanol–water partition coefficient (Wildman–Crippen LogP) is 2.30. The van der Waals surface area contributed by atoms with Crippen LogP contribution in [0.4, 0.5) is 0 Å². The van der Waals surface area contributed by atoms with Crippen LogP contribution in [0.1, 0.15) is 46.6 Å². The van der Waals surface area contributed by atoms with Crippen LogP contribution in [-0.2, 0) is 0 Å². The summed E-state index contributed by atoms with van der Waals surface area (Å²) in [5, 5.41) is 3.82. The average molecular weight is 275 g/mol. The Morgan fingerprint density at radius 1 is 1.45 bits per heavy atom. The van der Waals surface area contributed by atoms with Crippen molar-refractivity contribution < 1.29 is 13.7 Å². The van der Waals surface area contributed by atoms with Crippen molar-refractivity contribution in [2.24, 2.45) is 0 Å². The van der Waals surface area contributed by atoms with Crippen molar-refractivity contribution >= 4 is 5.91 Å². The Balaban J connectivity index is 1.75. The van der Waals surface area contributed by atoms with E-state index in [1.165, 1.54) is 0 Å². The van der Waals surface area contributed by atoms with E-state index >= 15 is 0 Å². The summed E-state index contributed by atoms with van der Waals surface area (Å²) >= 11 is 0. The molecule has 0 spiro atoms. The molecule has 0 aliphatic carbocycles. The first-order chi connectivity index (χ1) is 9.65. The molecule has 0 N–H and O–H groups in total. The molecular formula is C14H17N3O3. The molecule has 2 aromatic rings. The average Bonchev–Trinajstić information content (AvgIpc) is 3.07. The number of hydrogen-bond donors (Lipinski definition) is 0. The third-order valence-corrected chi connectivity index (χ3v) is 3.69. The fourth-order valence-electron chi connectivity index (χ4n) is 2.62. The van der Waals surface area contributed by atoms with E-state index in [4.69, 9.17) is 8.94 Å². The van der Waals surface area contributed by atoms with Crippen molar-refractivity contribution in [1.29, 1.82) is 0 Å². The molecule has 0 bridgehead atoms. The Bertz CT molecular complexity index is 617. The van der Waals surface area contributed by atoms with Crippen molar-refractivity contribution in [3.63, 3.8) is 0 Å². The number of carbonyl (C=O) groups excluding carboxylic acids is 1. The van der Waals surface area contributed by atoms with Crippen LogP contribution in [0, 0.1) is 13.8 Å². The van der Waals surface area contributed by atoms with E-state index in [0.717, 1.165) is 19.4 Å². The lowest BCUT2D eigenvalue weighted by Gasteiger charge is -2.30. The van der Waals surface area contributed by atoms with Crippen molar-refractivity contribution in [2.45, 2.75) is 32.6 Å². The van der Waals surface area contributed by atoms with Gasteiger partial charge in [0.15, 0.2) is 5.82 Å². The summed E-state index contributed by atoms with van der Waals surface area (Å²) in [6.45, 7) is 4.97. The van der Waals surface area contributed by atoms with Gasteiger partial charge < -0.3 is 13.8 Å². The Morgan fingerprint density at radius 3 is 2.95 bits per heavy atom. The number of furan rings is 1. The molecule has 6 nitrogen and oxygen atoms in total. The number of nitrogens with zero attached hydrogens (tertiary/aromatic N) is 3. The van der Waals surface area contributed by atoms with Gasteiger partial charge in [-0.2, -0.15) is 4.98 Å². The fourth-order valence-corrected chi connectivity index (χ4v) is 2.62. The van der Waals surface area contributed by atoms with E-state index < -0.39 is 0 Å². The lowest BCUT2D eigenvalue weighted by molar-refractivity contribution is 0.0694. The topological polar surface area (TPSA) is 72.4 Å². The van der Waals surface area contributed by atoms with Crippen LogP contribution < -0.4 is 0 Å². The maximum Gasteiger partial charge on any atom is 0.257 e. The lowest BCUT2D eigenvalue weighted by Crippen LogP contribution is -2.39. The molecule has 0 aromatic carbocycles. The summed E-state index contributed by atoms with van der Waals surface area (Å²) in [5.74, 6) is 2.06. The van der Waals surface area contributed by atoms with Gasteiger partial charge in [0.1, 0.15) is 5.76 Å². The van der Waals surface area contributed by atoms with Gasteiger partial charge in [0.2, 0.25) is 5.89 Å². The van der Waals surface area contributed by atoms with E-state index in [9.17, 15) is 4.79 Å². The molecule has 106 valence electrons. The van der Waals surface area contributed by atoms with Crippen molar-refractivity contribution in [2.75, 3.05) is 13.1 Å². The summed E-state index contributed by atoms with van der Waals surface area (Å²) in [7, 11) is 0. The van der Waals surface area contributed by atoms with Crippen molar-refractivity contribution in [3.05, 3.63) is 35.4 Å². The number of hydrogen-bond acceptors (Lipinski definition) is 5. The van der Waals surface area contributed by atoms with E-state index in [1.807, 2.05) is 4.90 Å².